The zero-order valence-electron chi connectivity index (χ0n) is 25.3. The minimum absolute atomic E-state index is 0.0412. The number of phenolic OH excluding ortho intramolecular Hbond substituents is 1. The molecule has 3 unspecified atom stereocenters. The number of carbonyl (C=O) groups excluding carboxylic acids is 1. The number of aromatic hydroxyl groups is 1. The maximum absolute atomic E-state index is 13.8. The summed E-state index contributed by atoms with van der Waals surface area (Å²) in [6.07, 6.45) is 15.7. The maximum atomic E-state index is 13.8. The van der Waals surface area contributed by atoms with Crippen LogP contribution in [-0.4, -0.2) is 20.8 Å². The Morgan fingerprint density at radius 3 is 2.67 bits per heavy atom. The number of hydrogen-bond acceptors (Lipinski definition) is 4. The second-order valence-corrected chi connectivity index (χ2v) is 12.8. The number of phenols is 1. The van der Waals surface area contributed by atoms with Crippen molar-refractivity contribution in [2.24, 2.45) is 5.41 Å². The van der Waals surface area contributed by atoms with Gasteiger partial charge in [0.2, 0.25) is 5.91 Å². The first-order valence-corrected chi connectivity index (χ1v) is 15.9. The fraction of sp³-hybridized carbons (Fsp3) is 0.231. The largest absolute Gasteiger partial charge is 0.507 e. The minimum atomic E-state index is -0.723. The Labute approximate surface area is 263 Å². The first-order valence-electron chi connectivity index (χ1n) is 15.9. The molecular weight excluding hydrogens is 556 g/mol. The first-order chi connectivity index (χ1) is 22.0. The highest BCUT2D eigenvalue weighted by Crippen LogP contribution is 2.57. The molecule has 1 aromatic heterocycles. The van der Waals surface area contributed by atoms with Gasteiger partial charge in [0, 0.05) is 29.6 Å². The van der Waals surface area contributed by atoms with Crippen LogP contribution in [0.1, 0.15) is 71.9 Å². The molecule has 3 aromatic carbocycles. The Morgan fingerprint density at radius 1 is 1.02 bits per heavy atom. The Bertz CT molecular complexity index is 1930. The number of benzene rings is 3. The molecule has 6 heteroatoms. The number of fused-ring (bicyclic) bond motifs is 3. The van der Waals surface area contributed by atoms with Gasteiger partial charge in [0.1, 0.15) is 11.6 Å². The zero-order chi connectivity index (χ0) is 30.5. The second kappa shape index (κ2) is 10.8. The van der Waals surface area contributed by atoms with E-state index in [0.717, 1.165) is 40.2 Å². The average molecular weight is 593 g/mol. The molecule has 2 fully saturated rings. The molecule has 2 heterocycles. The molecule has 0 bridgehead atoms. The number of aromatic nitrogens is 2. The van der Waals surface area contributed by atoms with E-state index in [1.807, 2.05) is 79.7 Å². The van der Waals surface area contributed by atoms with Crippen molar-refractivity contribution in [3.63, 3.8) is 0 Å². The van der Waals surface area contributed by atoms with Gasteiger partial charge in [0.05, 0.1) is 17.3 Å². The van der Waals surface area contributed by atoms with Gasteiger partial charge in [0.15, 0.2) is 0 Å². The van der Waals surface area contributed by atoms with Crippen molar-refractivity contribution in [2.45, 2.75) is 50.5 Å². The number of allylic oxidation sites excluding steroid dienone is 6. The van der Waals surface area contributed by atoms with Gasteiger partial charge in [-0.2, -0.15) is 5.10 Å². The number of para-hydroxylation sites is 1. The molecule has 8 rings (SSSR count). The van der Waals surface area contributed by atoms with Gasteiger partial charge < -0.3 is 15.7 Å². The minimum Gasteiger partial charge on any atom is -0.507 e. The summed E-state index contributed by atoms with van der Waals surface area (Å²) in [6, 6.07) is 25.8. The van der Waals surface area contributed by atoms with Crippen molar-refractivity contribution >= 4 is 23.0 Å². The maximum Gasteiger partial charge on any atom is 0.235 e. The SMILES string of the molecule is CC1(C(=O)Nc2cccc(CNC3=CC(c4ccccc4O)=C4CC4c4c(C5CC5)cnn43)c2)C=CC=CC1c1ccccc1. The molecule has 4 aliphatic rings. The smallest absolute Gasteiger partial charge is 0.235 e. The van der Waals surface area contributed by atoms with Crippen LogP contribution in [0.3, 0.4) is 0 Å². The van der Waals surface area contributed by atoms with E-state index in [2.05, 4.69) is 51.9 Å². The van der Waals surface area contributed by atoms with Gasteiger partial charge in [-0.15, -0.1) is 0 Å². The van der Waals surface area contributed by atoms with E-state index in [4.69, 9.17) is 5.10 Å². The summed E-state index contributed by atoms with van der Waals surface area (Å²) in [7, 11) is 0. The highest BCUT2D eigenvalue weighted by Gasteiger charge is 2.44. The summed E-state index contributed by atoms with van der Waals surface area (Å²) in [5.74, 6) is 2.01. The lowest BCUT2D eigenvalue weighted by Gasteiger charge is -2.34. The number of hydrogen-bond donors (Lipinski definition) is 3. The van der Waals surface area contributed by atoms with Crippen LogP contribution in [0.2, 0.25) is 0 Å². The third kappa shape index (κ3) is 5.00. The van der Waals surface area contributed by atoms with E-state index >= 15 is 0 Å². The predicted molar refractivity (Wildman–Crippen MR) is 178 cm³/mol. The summed E-state index contributed by atoms with van der Waals surface area (Å²) >= 11 is 0. The molecule has 3 N–H and O–H groups in total. The number of nitrogens with zero attached hydrogens (tertiary/aromatic N) is 2. The Morgan fingerprint density at radius 2 is 1.84 bits per heavy atom. The van der Waals surface area contributed by atoms with Crippen LogP contribution >= 0.6 is 0 Å². The van der Waals surface area contributed by atoms with Crippen LogP contribution < -0.4 is 10.6 Å². The molecule has 3 atom stereocenters. The summed E-state index contributed by atoms with van der Waals surface area (Å²) in [4.78, 5) is 13.8. The standard InChI is InChI=1S/C39H36N4O2/c1-39(19-8-7-15-34(39)27-11-3-2-4-12-27)38(45)42-28-13-9-10-25(20-28)23-40-36-22-31(29-14-5-6-16-35(29)44)30-21-32(30)37-33(26-17-18-26)24-41-43(36)37/h2-16,19-20,22,24,26,32,34,40,44H,17-18,21,23H2,1H3,(H,42,45). The van der Waals surface area contributed by atoms with Crippen molar-refractivity contribution in [1.82, 2.24) is 15.1 Å². The average Bonchev–Trinajstić information content (AvgIpc) is 4.00. The predicted octanol–water partition coefficient (Wildman–Crippen LogP) is 7.86. The number of anilines is 1. The van der Waals surface area contributed by atoms with Gasteiger partial charge >= 0.3 is 0 Å². The Hall–Kier alpha value is -5.10. The summed E-state index contributed by atoms with van der Waals surface area (Å²) in [5, 5.41) is 22.5. The summed E-state index contributed by atoms with van der Waals surface area (Å²) in [6.45, 7) is 2.55. The van der Waals surface area contributed by atoms with E-state index < -0.39 is 5.41 Å². The lowest BCUT2D eigenvalue weighted by Crippen LogP contribution is -2.37. The van der Waals surface area contributed by atoms with Gasteiger partial charge in [-0.1, -0.05) is 90.5 Å². The summed E-state index contributed by atoms with van der Waals surface area (Å²) < 4.78 is 2.08. The molecule has 0 saturated heterocycles. The molecule has 0 radical (unpaired) electrons. The van der Waals surface area contributed by atoms with E-state index in [-0.39, 0.29) is 17.6 Å². The van der Waals surface area contributed by atoms with Crippen molar-refractivity contribution in [1.29, 1.82) is 0 Å². The fourth-order valence-corrected chi connectivity index (χ4v) is 7.00. The normalized spacial score (nSPS) is 23.1. The Balaban J connectivity index is 1.05. The molecule has 45 heavy (non-hydrogen) atoms. The molecule has 1 amide bonds. The second-order valence-electron chi connectivity index (χ2n) is 12.8. The fourth-order valence-electron chi connectivity index (χ4n) is 7.00. The van der Waals surface area contributed by atoms with Crippen LogP contribution in [0.5, 0.6) is 5.75 Å². The van der Waals surface area contributed by atoms with Crippen LogP contribution in [0.4, 0.5) is 5.69 Å². The third-order valence-corrected chi connectivity index (χ3v) is 9.73. The van der Waals surface area contributed by atoms with Gasteiger partial charge in [-0.05, 0) is 78.6 Å². The lowest BCUT2D eigenvalue weighted by molar-refractivity contribution is -0.123. The molecule has 6 nitrogen and oxygen atoms in total. The van der Waals surface area contributed by atoms with Gasteiger partial charge in [-0.25, -0.2) is 4.68 Å². The van der Waals surface area contributed by atoms with E-state index in [1.165, 1.54) is 29.7 Å². The molecule has 3 aliphatic carbocycles. The first kappa shape index (κ1) is 27.4. The third-order valence-electron chi connectivity index (χ3n) is 9.73. The molecule has 4 aromatic rings. The molecule has 0 spiro atoms. The highest BCUT2D eigenvalue weighted by molar-refractivity contribution is 5.97. The molecule has 2 saturated carbocycles. The van der Waals surface area contributed by atoms with Crippen molar-refractivity contribution in [2.75, 3.05) is 5.32 Å². The van der Waals surface area contributed by atoms with Crippen LogP contribution in [0, 0.1) is 5.41 Å². The zero-order valence-corrected chi connectivity index (χ0v) is 25.3. The lowest BCUT2D eigenvalue weighted by atomic mass is 9.70. The molecule has 1 aliphatic heterocycles. The van der Waals surface area contributed by atoms with Crippen molar-refractivity contribution < 1.29 is 9.90 Å². The number of rotatable bonds is 8. The van der Waals surface area contributed by atoms with Crippen molar-refractivity contribution in [3.8, 4) is 5.75 Å². The quantitative estimate of drug-likeness (QED) is 0.195. The van der Waals surface area contributed by atoms with Gasteiger partial charge in [-0.3, -0.25) is 4.79 Å². The number of nitrogens with one attached hydrogen (secondary N) is 2. The van der Waals surface area contributed by atoms with E-state index in [9.17, 15) is 9.90 Å². The molecule has 224 valence electrons. The molecular formula is C39H36N4O2. The van der Waals surface area contributed by atoms with Gasteiger partial charge in [0.25, 0.3) is 0 Å². The van der Waals surface area contributed by atoms with Crippen LogP contribution in [-0.2, 0) is 11.3 Å². The van der Waals surface area contributed by atoms with Crippen molar-refractivity contribution in [3.05, 3.63) is 149 Å². The van der Waals surface area contributed by atoms with Crippen LogP contribution in [0.25, 0.3) is 11.4 Å². The number of amides is 1. The topological polar surface area (TPSA) is 79.2 Å². The Kier molecular flexibility index (Phi) is 6.59. The van der Waals surface area contributed by atoms with E-state index in [1.54, 1.807) is 6.07 Å². The van der Waals surface area contributed by atoms with Crippen LogP contribution in [0.15, 0.2) is 121 Å². The monoisotopic (exact) mass is 592 g/mol. The highest BCUT2D eigenvalue weighted by atomic mass is 16.3. The van der Waals surface area contributed by atoms with E-state index in [0.29, 0.717) is 18.4 Å². The number of carbonyl (C=O) groups is 1. The summed E-state index contributed by atoms with van der Waals surface area (Å²) in [5.41, 5.74) is 8.13.